The van der Waals surface area contributed by atoms with Crippen molar-refractivity contribution in [2.75, 3.05) is 19.6 Å². The molecule has 0 unspecified atom stereocenters. The third kappa shape index (κ3) is 7.46. The molecule has 0 aliphatic rings. The third-order valence-electron chi connectivity index (χ3n) is 3.32. The van der Waals surface area contributed by atoms with Crippen molar-refractivity contribution in [2.24, 2.45) is 0 Å². The Bertz CT molecular complexity index is 474. The van der Waals surface area contributed by atoms with Gasteiger partial charge in [-0.15, -0.1) is 0 Å². The van der Waals surface area contributed by atoms with Gasteiger partial charge in [0.15, 0.2) is 0 Å². The van der Waals surface area contributed by atoms with Gasteiger partial charge >= 0.3 is 5.97 Å². The van der Waals surface area contributed by atoms with Crippen molar-refractivity contribution in [2.45, 2.75) is 33.2 Å². The number of benzene rings is 1. The second-order valence-corrected chi connectivity index (χ2v) is 5.18. The zero-order valence-electron chi connectivity index (χ0n) is 12.8. The van der Waals surface area contributed by atoms with Crippen LogP contribution in [0.2, 0.25) is 0 Å². The molecular formula is C16H24N2O3. The fourth-order valence-corrected chi connectivity index (χ4v) is 2.12. The molecule has 0 aromatic heterocycles. The number of carbonyl (C=O) groups is 2. The number of rotatable bonds is 9. The topological polar surface area (TPSA) is 69.6 Å². The summed E-state index contributed by atoms with van der Waals surface area (Å²) in [4.78, 5) is 23.7. The Morgan fingerprint density at radius 1 is 1.24 bits per heavy atom. The molecule has 1 aromatic rings. The minimum Gasteiger partial charge on any atom is -0.481 e. The van der Waals surface area contributed by atoms with Gasteiger partial charge in [-0.1, -0.05) is 24.3 Å². The van der Waals surface area contributed by atoms with Gasteiger partial charge in [0.25, 0.3) is 0 Å². The van der Waals surface area contributed by atoms with Gasteiger partial charge < -0.3 is 10.4 Å². The van der Waals surface area contributed by atoms with Crippen molar-refractivity contribution in [3.63, 3.8) is 0 Å². The van der Waals surface area contributed by atoms with E-state index in [1.54, 1.807) is 0 Å². The number of hydrogen-bond acceptors (Lipinski definition) is 3. The van der Waals surface area contributed by atoms with Crippen molar-refractivity contribution in [3.05, 3.63) is 35.4 Å². The number of aliphatic carboxylic acids is 1. The Kier molecular flexibility index (Phi) is 7.46. The second-order valence-electron chi connectivity index (χ2n) is 5.18. The summed E-state index contributed by atoms with van der Waals surface area (Å²) in [5, 5.41) is 11.6. The molecule has 0 saturated heterocycles. The Hall–Kier alpha value is -1.88. The number of hydrogen-bond donors (Lipinski definition) is 2. The van der Waals surface area contributed by atoms with Crippen molar-refractivity contribution in [3.8, 4) is 0 Å². The third-order valence-corrected chi connectivity index (χ3v) is 3.32. The standard InChI is InChI=1S/C16H24N2O3/c1-13-6-3-4-7-15(13)12-18(11-8-16(20)21)10-5-9-17-14(2)19/h3-4,6-7H,5,8-12H2,1-2H3,(H,17,19)(H,20,21). The molecule has 0 aliphatic carbocycles. The van der Waals surface area contributed by atoms with Crippen LogP contribution in [0.1, 0.15) is 30.9 Å². The molecule has 0 bridgehead atoms. The summed E-state index contributed by atoms with van der Waals surface area (Å²) >= 11 is 0. The summed E-state index contributed by atoms with van der Waals surface area (Å²) in [6.07, 6.45) is 0.942. The van der Waals surface area contributed by atoms with E-state index >= 15 is 0 Å². The SMILES string of the molecule is CC(=O)NCCCN(CCC(=O)O)Cc1ccccc1C. The lowest BCUT2D eigenvalue weighted by molar-refractivity contribution is -0.137. The lowest BCUT2D eigenvalue weighted by Crippen LogP contribution is -2.30. The molecule has 1 amide bonds. The first-order valence-corrected chi connectivity index (χ1v) is 7.22. The van der Waals surface area contributed by atoms with Crippen molar-refractivity contribution >= 4 is 11.9 Å². The normalized spacial score (nSPS) is 10.6. The molecule has 1 rings (SSSR count). The van der Waals surface area contributed by atoms with Crippen molar-refractivity contribution < 1.29 is 14.7 Å². The summed E-state index contributed by atoms with van der Waals surface area (Å²) in [7, 11) is 0. The average molecular weight is 292 g/mol. The van der Waals surface area contributed by atoms with E-state index in [1.807, 2.05) is 12.1 Å². The van der Waals surface area contributed by atoms with E-state index in [0.29, 0.717) is 13.1 Å². The van der Waals surface area contributed by atoms with E-state index in [9.17, 15) is 9.59 Å². The van der Waals surface area contributed by atoms with Crippen molar-refractivity contribution in [1.29, 1.82) is 0 Å². The number of carboxylic acid groups (broad SMARTS) is 1. The number of nitrogens with zero attached hydrogens (tertiary/aromatic N) is 1. The summed E-state index contributed by atoms with van der Waals surface area (Å²) in [5.41, 5.74) is 2.42. The van der Waals surface area contributed by atoms with Crippen LogP contribution in [-0.2, 0) is 16.1 Å². The molecule has 5 nitrogen and oxygen atoms in total. The number of carbonyl (C=O) groups excluding carboxylic acids is 1. The van der Waals surface area contributed by atoms with Gasteiger partial charge in [-0.2, -0.15) is 0 Å². The maximum absolute atomic E-state index is 10.8. The van der Waals surface area contributed by atoms with Crippen LogP contribution >= 0.6 is 0 Å². The van der Waals surface area contributed by atoms with Crippen LogP contribution in [0, 0.1) is 6.92 Å². The van der Waals surface area contributed by atoms with Crippen LogP contribution in [0.5, 0.6) is 0 Å². The minimum atomic E-state index is -0.786. The van der Waals surface area contributed by atoms with E-state index in [1.165, 1.54) is 18.1 Å². The first-order chi connectivity index (χ1) is 9.99. The van der Waals surface area contributed by atoms with E-state index in [4.69, 9.17) is 5.11 Å². The quantitative estimate of drug-likeness (QED) is 0.681. The Labute approximate surface area is 126 Å². The van der Waals surface area contributed by atoms with Gasteiger partial charge in [-0.05, 0) is 24.5 Å². The van der Waals surface area contributed by atoms with E-state index in [-0.39, 0.29) is 12.3 Å². The molecule has 0 atom stereocenters. The minimum absolute atomic E-state index is 0.0361. The first kappa shape index (κ1) is 17.2. The van der Waals surface area contributed by atoms with Crippen LogP contribution in [-0.4, -0.2) is 41.5 Å². The first-order valence-electron chi connectivity index (χ1n) is 7.22. The van der Waals surface area contributed by atoms with Crippen LogP contribution in [0.25, 0.3) is 0 Å². The Morgan fingerprint density at radius 2 is 1.95 bits per heavy atom. The highest BCUT2D eigenvalue weighted by Crippen LogP contribution is 2.11. The smallest absolute Gasteiger partial charge is 0.304 e. The molecule has 0 radical (unpaired) electrons. The van der Waals surface area contributed by atoms with E-state index < -0.39 is 5.97 Å². The Morgan fingerprint density at radius 3 is 2.57 bits per heavy atom. The van der Waals surface area contributed by atoms with Crippen molar-refractivity contribution in [1.82, 2.24) is 10.2 Å². The number of nitrogens with one attached hydrogen (secondary N) is 1. The highest BCUT2D eigenvalue weighted by Gasteiger charge is 2.09. The van der Waals surface area contributed by atoms with E-state index in [2.05, 4.69) is 29.3 Å². The maximum atomic E-state index is 10.8. The number of carboxylic acids is 1. The highest BCUT2D eigenvalue weighted by molar-refractivity contribution is 5.72. The molecule has 0 fully saturated rings. The number of amides is 1. The summed E-state index contributed by atoms with van der Waals surface area (Å²) in [5.74, 6) is -0.822. The average Bonchev–Trinajstić information content (AvgIpc) is 2.42. The summed E-state index contributed by atoms with van der Waals surface area (Å²) in [6.45, 7) is 6.19. The molecule has 116 valence electrons. The highest BCUT2D eigenvalue weighted by atomic mass is 16.4. The predicted octanol–water partition coefficient (Wildman–Crippen LogP) is 1.80. The lowest BCUT2D eigenvalue weighted by Gasteiger charge is -2.22. The largest absolute Gasteiger partial charge is 0.481 e. The number of aryl methyl sites for hydroxylation is 1. The molecule has 0 aliphatic heterocycles. The monoisotopic (exact) mass is 292 g/mol. The molecule has 21 heavy (non-hydrogen) atoms. The molecule has 0 saturated carbocycles. The summed E-state index contributed by atoms with van der Waals surface area (Å²) < 4.78 is 0. The zero-order valence-corrected chi connectivity index (χ0v) is 12.8. The van der Waals surface area contributed by atoms with Crippen LogP contribution in [0.15, 0.2) is 24.3 Å². The Balaban J connectivity index is 2.53. The molecular weight excluding hydrogens is 268 g/mol. The van der Waals surface area contributed by atoms with Gasteiger partial charge in [0.05, 0.1) is 6.42 Å². The summed E-state index contributed by atoms with van der Waals surface area (Å²) in [6, 6.07) is 8.12. The van der Waals surface area contributed by atoms with Gasteiger partial charge in [-0.25, -0.2) is 0 Å². The van der Waals surface area contributed by atoms with Crippen LogP contribution in [0.4, 0.5) is 0 Å². The second kappa shape index (κ2) is 9.13. The molecule has 0 heterocycles. The molecule has 1 aromatic carbocycles. The fourth-order valence-electron chi connectivity index (χ4n) is 2.12. The van der Waals surface area contributed by atoms with Gasteiger partial charge in [0, 0.05) is 33.1 Å². The molecule has 0 spiro atoms. The van der Waals surface area contributed by atoms with Gasteiger partial charge in [-0.3, -0.25) is 14.5 Å². The predicted molar refractivity (Wildman–Crippen MR) is 82.0 cm³/mol. The van der Waals surface area contributed by atoms with E-state index in [0.717, 1.165) is 19.5 Å². The fraction of sp³-hybridized carbons (Fsp3) is 0.500. The molecule has 5 heteroatoms. The maximum Gasteiger partial charge on any atom is 0.304 e. The van der Waals surface area contributed by atoms with Crippen LogP contribution in [0.3, 0.4) is 0 Å². The molecule has 2 N–H and O–H groups in total. The van der Waals surface area contributed by atoms with Gasteiger partial charge in [0.1, 0.15) is 0 Å². The lowest BCUT2D eigenvalue weighted by atomic mass is 10.1. The van der Waals surface area contributed by atoms with Crippen LogP contribution < -0.4 is 5.32 Å². The van der Waals surface area contributed by atoms with Gasteiger partial charge in [0.2, 0.25) is 5.91 Å². The zero-order chi connectivity index (χ0) is 15.7.